The molecule has 0 unspecified atom stereocenters. The summed E-state index contributed by atoms with van der Waals surface area (Å²) < 4.78 is 15.9. The molecule has 0 saturated carbocycles. The first-order valence-electron chi connectivity index (χ1n) is 7.57. The van der Waals surface area contributed by atoms with E-state index >= 15 is 0 Å². The first-order chi connectivity index (χ1) is 12.2. The standard InChI is InChI=1S/C17H14FN7/c1-19-8-14-13(18)5-10(6-21-14)12-3-4-20-17-15(12)23-16(24-17)11-7-22-25(2)9-11/h3-9H,1-2H3,(H,20,23,24). The number of H-pyrrole nitrogens is 1. The van der Waals surface area contributed by atoms with Gasteiger partial charge >= 0.3 is 0 Å². The Labute approximate surface area is 142 Å². The number of hydrogen-bond donors (Lipinski definition) is 1. The van der Waals surface area contributed by atoms with Gasteiger partial charge in [0.05, 0.1) is 17.3 Å². The van der Waals surface area contributed by atoms with Gasteiger partial charge in [-0.25, -0.2) is 14.4 Å². The first kappa shape index (κ1) is 15.1. The van der Waals surface area contributed by atoms with Crippen molar-refractivity contribution in [3.63, 3.8) is 0 Å². The summed E-state index contributed by atoms with van der Waals surface area (Å²) in [6.45, 7) is 0. The fraction of sp³-hybridized carbons (Fsp3) is 0.118. The molecule has 0 radical (unpaired) electrons. The first-order valence-corrected chi connectivity index (χ1v) is 7.57. The molecule has 8 heteroatoms. The van der Waals surface area contributed by atoms with Crippen molar-refractivity contribution in [3.8, 4) is 22.5 Å². The Morgan fingerprint density at radius 1 is 1.24 bits per heavy atom. The monoisotopic (exact) mass is 335 g/mol. The smallest absolute Gasteiger partial charge is 0.178 e. The fourth-order valence-corrected chi connectivity index (χ4v) is 2.64. The highest BCUT2D eigenvalue weighted by Gasteiger charge is 2.13. The maximum absolute atomic E-state index is 14.2. The Morgan fingerprint density at radius 2 is 2.12 bits per heavy atom. The largest absolute Gasteiger partial charge is 0.336 e. The van der Waals surface area contributed by atoms with E-state index in [-0.39, 0.29) is 5.69 Å². The van der Waals surface area contributed by atoms with Crippen LogP contribution in [0, 0.1) is 5.82 Å². The summed E-state index contributed by atoms with van der Waals surface area (Å²) in [5.41, 5.74) is 3.75. The van der Waals surface area contributed by atoms with E-state index in [1.54, 1.807) is 36.4 Å². The van der Waals surface area contributed by atoms with Crippen molar-refractivity contribution in [1.82, 2.24) is 29.7 Å². The van der Waals surface area contributed by atoms with Gasteiger partial charge in [0.2, 0.25) is 0 Å². The van der Waals surface area contributed by atoms with Gasteiger partial charge in [0.25, 0.3) is 0 Å². The van der Waals surface area contributed by atoms with Crippen LogP contribution in [0.15, 0.2) is 41.9 Å². The molecule has 0 aliphatic heterocycles. The van der Waals surface area contributed by atoms with Gasteiger partial charge in [0, 0.05) is 50.0 Å². The number of aromatic amines is 1. The van der Waals surface area contributed by atoms with Crippen LogP contribution in [0.1, 0.15) is 5.69 Å². The molecular formula is C17H14FN7. The maximum atomic E-state index is 14.2. The summed E-state index contributed by atoms with van der Waals surface area (Å²) >= 11 is 0. The zero-order valence-electron chi connectivity index (χ0n) is 13.6. The molecule has 4 rings (SSSR count). The lowest BCUT2D eigenvalue weighted by atomic mass is 10.1. The maximum Gasteiger partial charge on any atom is 0.178 e. The molecule has 0 fully saturated rings. The number of pyridine rings is 2. The minimum absolute atomic E-state index is 0.206. The minimum atomic E-state index is -0.430. The summed E-state index contributed by atoms with van der Waals surface area (Å²) in [5, 5.41) is 4.15. The highest BCUT2D eigenvalue weighted by Crippen LogP contribution is 2.28. The van der Waals surface area contributed by atoms with Crippen molar-refractivity contribution in [2.24, 2.45) is 12.0 Å². The molecule has 4 aromatic rings. The third-order valence-corrected chi connectivity index (χ3v) is 3.80. The molecule has 0 saturated heterocycles. The SMILES string of the molecule is CN=Cc1ncc(-c2ccnc3nc(-c4cnn(C)c4)[nH]c23)cc1F. The summed E-state index contributed by atoms with van der Waals surface area (Å²) in [7, 11) is 3.41. The number of nitrogens with zero attached hydrogens (tertiary/aromatic N) is 6. The molecule has 4 aromatic heterocycles. The quantitative estimate of drug-likeness (QED) is 0.583. The minimum Gasteiger partial charge on any atom is -0.336 e. The summed E-state index contributed by atoms with van der Waals surface area (Å²) in [6.07, 6.45) is 8.22. The van der Waals surface area contributed by atoms with E-state index in [2.05, 4.69) is 30.0 Å². The number of nitrogens with one attached hydrogen (secondary N) is 1. The van der Waals surface area contributed by atoms with Gasteiger partial charge in [-0.3, -0.25) is 14.7 Å². The van der Waals surface area contributed by atoms with Crippen LogP contribution in [0.3, 0.4) is 0 Å². The van der Waals surface area contributed by atoms with Gasteiger partial charge in [-0.2, -0.15) is 5.10 Å². The van der Waals surface area contributed by atoms with Crippen molar-refractivity contribution < 1.29 is 4.39 Å². The van der Waals surface area contributed by atoms with Crippen LogP contribution in [-0.2, 0) is 7.05 Å². The molecule has 0 aliphatic carbocycles. The lowest BCUT2D eigenvalue weighted by Crippen LogP contribution is -1.95. The van der Waals surface area contributed by atoms with Gasteiger partial charge in [0.1, 0.15) is 11.5 Å². The van der Waals surface area contributed by atoms with Crippen molar-refractivity contribution in [2.45, 2.75) is 0 Å². The lowest BCUT2D eigenvalue weighted by molar-refractivity contribution is 0.619. The van der Waals surface area contributed by atoms with Crippen molar-refractivity contribution in [1.29, 1.82) is 0 Å². The molecule has 0 atom stereocenters. The number of hydrogen-bond acceptors (Lipinski definition) is 5. The van der Waals surface area contributed by atoms with Gasteiger partial charge in [-0.1, -0.05) is 0 Å². The molecule has 4 heterocycles. The number of aromatic nitrogens is 6. The third-order valence-electron chi connectivity index (χ3n) is 3.80. The summed E-state index contributed by atoms with van der Waals surface area (Å²) in [5.74, 6) is 0.228. The van der Waals surface area contributed by atoms with Crippen LogP contribution >= 0.6 is 0 Å². The molecule has 0 bridgehead atoms. The van der Waals surface area contributed by atoms with Crippen LogP contribution in [-0.4, -0.2) is 43.0 Å². The topological polar surface area (TPSA) is 84.6 Å². The molecule has 0 amide bonds. The van der Waals surface area contributed by atoms with Gasteiger partial charge in [-0.05, 0) is 12.1 Å². The second-order valence-corrected chi connectivity index (χ2v) is 5.52. The fourth-order valence-electron chi connectivity index (χ4n) is 2.64. The predicted molar refractivity (Wildman–Crippen MR) is 92.8 cm³/mol. The van der Waals surface area contributed by atoms with E-state index < -0.39 is 5.82 Å². The Kier molecular flexibility index (Phi) is 3.57. The van der Waals surface area contributed by atoms with Crippen molar-refractivity contribution >= 4 is 17.4 Å². The van der Waals surface area contributed by atoms with E-state index in [9.17, 15) is 4.39 Å². The molecule has 25 heavy (non-hydrogen) atoms. The summed E-state index contributed by atoms with van der Waals surface area (Å²) in [4.78, 5) is 20.0. The van der Waals surface area contributed by atoms with E-state index in [1.807, 2.05) is 13.2 Å². The number of rotatable bonds is 3. The van der Waals surface area contributed by atoms with E-state index in [0.29, 0.717) is 17.0 Å². The van der Waals surface area contributed by atoms with Crippen LogP contribution in [0.2, 0.25) is 0 Å². The van der Waals surface area contributed by atoms with Gasteiger partial charge in [-0.15, -0.1) is 0 Å². The Morgan fingerprint density at radius 3 is 2.84 bits per heavy atom. The molecule has 1 N–H and O–H groups in total. The van der Waals surface area contributed by atoms with Crippen LogP contribution < -0.4 is 0 Å². The second-order valence-electron chi connectivity index (χ2n) is 5.52. The highest BCUT2D eigenvalue weighted by molar-refractivity contribution is 5.91. The van der Waals surface area contributed by atoms with Gasteiger partial charge < -0.3 is 4.98 Å². The average Bonchev–Trinajstić information content (AvgIpc) is 3.22. The molecular weight excluding hydrogens is 321 g/mol. The van der Waals surface area contributed by atoms with Crippen LogP contribution in [0.5, 0.6) is 0 Å². The van der Waals surface area contributed by atoms with Crippen LogP contribution in [0.4, 0.5) is 4.39 Å². The Bertz CT molecular complexity index is 1090. The number of fused-ring (bicyclic) bond motifs is 1. The van der Waals surface area contributed by atoms with E-state index in [4.69, 9.17) is 0 Å². The lowest BCUT2D eigenvalue weighted by Gasteiger charge is -2.04. The number of halogens is 1. The van der Waals surface area contributed by atoms with Crippen LogP contribution in [0.25, 0.3) is 33.7 Å². The number of aryl methyl sites for hydroxylation is 1. The summed E-state index contributed by atoms with van der Waals surface area (Å²) in [6, 6.07) is 3.24. The average molecular weight is 335 g/mol. The third kappa shape index (κ3) is 2.67. The number of aliphatic imine (C=N–C) groups is 1. The van der Waals surface area contributed by atoms with E-state index in [0.717, 1.165) is 16.6 Å². The predicted octanol–water partition coefficient (Wildman–Crippen LogP) is 2.61. The Hall–Kier alpha value is -3.42. The number of imidazole rings is 1. The van der Waals surface area contributed by atoms with Crippen molar-refractivity contribution in [3.05, 3.63) is 48.4 Å². The zero-order chi connectivity index (χ0) is 17.4. The molecule has 0 aliphatic rings. The second kappa shape index (κ2) is 5.90. The normalized spacial score (nSPS) is 11.6. The van der Waals surface area contributed by atoms with E-state index in [1.165, 1.54) is 12.3 Å². The van der Waals surface area contributed by atoms with Gasteiger partial charge in [0.15, 0.2) is 11.5 Å². The van der Waals surface area contributed by atoms with Crippen molar-refractivity contribution in [2.75, 3.05) is 7.05 Å². The Balaban J connectivity index is 1.85. The zero-order valence-corrected chi connectivity index (χ0v) is 13.6. The highest BCUT2D eigenvalue weighted by atomic mass is 19.1. The molecule has 124 valence electrons. The molecule has 0 spiro atoms. The molecule has 0 aromatic carbocycles. The molecule has 7 nitrogen and oxygen atoms in total.